The van der Waals surface area contributed by atoms with Crippen molar-refractivity contribution in [1.82, 2.24) is 15.1 Å². The zero-order valence-corrected chi connectivity index (χ0v) is 16.0. The van der Waals surface area contributed by atoms with E-state index in [1.807, 2.05) is 26.0 Å². The lowest BCUT2D eigenvalue weighted by molar-refractivity contribution is -0.122. The molecule has 4 nitrogen and oxygen atoms in total. The Morgan fingerprint density at radius 3 is 2.48 bits per heavy atom. The first-order valence-electron chi connectivity index (χ1n) is 9.35. The normalized spacial score (nSPS) is 20.0. The summed E-state index contributed by atoms with van der Waals surface area (Å²) in [6, 6.07) is 7.35. The number of nitrogens with one attached hydrogen (secondary N) is 1. The Morgan fingerprint density at radius 1 is 1.20 bits per heavy atom. The monoisotopic (exact) mass is 349 g/mol. The van der Waals surface area contributed by atoms with E-state index in [1.54, 1.807) is 0 Å². The molecule has 1 aliphatic heterocycles. The molecule has 1 aromatic rings. The summed E-state index contributed by atoms with van der Waals surface area (Å²) in [6.45, 7) is 12.6. The first-order chi connectivity index (χ1) is 11.8. The summed E-state index contributed by atoms with van der Waals surface area (Å²) in [5.74, 6) is 0.404. The molecule has 0 radical (unpaired) electrons. The van der Waals surface area contributed by atoms with Crippen molar-refractivity contribution in [3.8, 4) is 0 Å². The Bertz CT molecular complexity index is 544. The van der Waals surface area contributed by atoms with E-state index in [4.69, 9.17) is 0 Å². The lowest BCUT2D eigenvalue weighted by atomic mass is 10.0. The summed E-state index contributed by atoms with van der Waals surface area (Å²) in [4.78, 5) is 16.9. The predicted octanol–water partition coefficient (Wildman–Crippen LogP) is 2.88. The van der Waals surface area contributed by atoms with Gasteiger partial charge in [-0.25, -0.2) is 4.39 Å². The quantitative estimate of drug-likeness (QED) is 0.858. The van der Waals surface area contributed by atoms with Gasteiger partial charge in [0.1, 0.15) is 5.82 Å². The highest BCUT2D eigenvalue weighted by Gasteiger charge is 2.28. The topological polar surface area (TPSA) is 35.6 Å². The second-order valence-corrected chi connectivity index (χ2v) is 7.72. The van der Waals surface area contributed by atoms with E-state index >= 15 is 0 Å². The lowest BCUT2D eigenvalue weighted by Gasteiger charge is -2.34. The van der Waals surface area contributed by atoms with Gasteiger partial charge in [-0.3, -0.25) is 14.6 Å². The molecule has 2 rings (SSSR count). The van der Waals surface area contributed by atoms with Gasteiger partial charge in [0, 0.05) is 31.7 Å². The van der Waals surface area contributed by atoms with Crippen LogP contribution in [0.4, 0.5) is 4.39 Å². The molecule has 25 heavy (non-hydrogen) atoms. The van der Waals surface area contributed by atoms with Crippen LogP contribution < -0.4 is 5.32 Å². The average molecular weight is 349 g/mol. The minimum Gasteiger partial charge on any atom is -0.353 e. The van der Waals surface area contributed by atoms with E-state index in [9.17, 15) is 9.18 Å². The molecule has 1 atom stereocenters. The van der Waals surface area contributed by atoms with Crippen molar-refractivity contribution < 1.29 is 9.18 Å². The molecule has 1 aromatic carbocycles. The van der Waals surface area contributed by atoms with Crippen LogP contribution in [0.1, 0.15) is 39.7 Å². The fourth-order valence-electron chi connectivity index (χ4n) is 3.50. The highest BCUT2D eigenvalue weighted by atomic mass is 19.1. The van der Waals surface area contributed by atoms with Gasteiger partial charge in [0.25, 0.3) is 0 Å². The molecule has 0 aromatic heterocycles. The summed E-state index contributed by atoms with van der Waals surface area (Å²) in [6.07, 6.45) is 1.04. The molecular weight excluding hydrogens is 317 g/mol. The highest BCUT2D eigenvalue weighted by Crippen LogP contribution is 2.20. The molecule has 1 N–H and O–H groups in total. The summed E-state index contributed by atoms with van der Waals surface area (Å²) in [5, 5.41) is 2.98. The Labute approximate surface area is 151 Å². The lowest BCUT2D eigenvalue weighted by Crippen LogP contribution is -2.47. The summed E-state index contributed by atoms with van der Waals surface area (Å²) in [7, 11) is 0. The molecule has 0 spiro atoms. The van der Waals surface area contributed by atoms with Crippen LogP contribution in [0.3, 0.4) is 0 Å². The first-order valence-corrected chi connectivity index (χ1v) is 9.35. The van der Waals surface area contributed by atoms with Crippen molar-refractivity contribution in [2.75, 3.05) is 26.2 Å². The maximum atomic E-state index is 13.1. The smallest absolute Gasteiger partial charge is 0.234 e. The minimum atomic E-state index is -0.192. The summed E-state index contributed by atoms with van der Waals surface area (Å²) < 4.78 is 13.1. The molecule has 1 amide bonds. The summed E-state index contributed by atoms with van der Waals surface area (Å²) >= 11 is 0. The molecule has 1 saturated heterocycles. The molecule has 1 aliphatic rings. The molecule has 0 unspecified atom stereocenters. The number of benzene rings is 1. The van der Waals surface area contributed by atoms with E-state index in [0.29, 0.717) is 18.5 Å². The Balaban J connectivity index is 2.02. The zero-order chi connectivity index (χ0) is 18.4. The van der Waals surface area contributed by atoms with E-state index in [2.05, 4.69) is 29.0 Å². The molecule has 140 valence electrons. The maximum Gasteiger partial charge on any atom is 0.234 e. The number of hydrogen-bond donors (Lipinski definition) is 1. The van der Waals surface area contributed by atoms with Crippen LogP contribution in [0, 0.1) is 11.7 Å². The standard InChI is InChI=1S/C20H32FN3O/c1-15(2)19-13-23(14-20(25)22-16(3)4)10-5-11-24(19)12-17-6-8-18(21)9-7-17/h6-9,15-16,19H,5,10-14H2,1-4H3,(H,22,25)/t19-/m0/s1. The molecule has 0 bridgehead atoms. The van der Waals surface area contributed by atoms with Crippen LogP contribution >= 0.6 is 0 Å². The molecule has 0 saturated carbocycles. The van der Waals surface area contributed by atoms with Gasteiger partial charge in [-0.05, 0) is 50.4 Å². The van der Waals surface area contributed by atoms with E-state index in [1.165, 1.54) is 12.1 Å². The largest absolute Gasteiger partial charge is 0.353 e. The number of rotatable bonds is 6. The number of amides is 1. The van der Waals surface area contributed by atoms with Gasteiger partial charge in [-0.2, -0.15) is 0 Å². The second kappa shape index (κ2) is 9.30. The van der Waals surface area contributed by atoms with Crippen molar-refractivity contribution in [2.24, 2.45) is 5.92 Å². The number of hydrogen-bond acceptors (Lipinski definition) is 3. The van der Waals surface area contributed by atoms with Crippen molar-refractivity contribution in [3.63, 3.8) is 0 Å². The van der Waals surface area contributed by atoms with Crippen molar-refractivity contribution in [1.29, 1.82) is 0 Å². The van der Waals surface area contributed by atoms with Crippen molar-refractivity contribution in [2.45, 2.75) is 52.7 Å². The van der Waals surface area contributed by atoms with Gasteiger partial charge in [0.05, 0.1) is 6.54 Å². The Kier molecular flexibility index (Phi) is 7.38. The van der Waals surface area contributed by atoms with Crippen molar-refractivity contribution in [3.05, 3.63) is 35.6 Å². The fourth-order valence-corrected chi connectivity index (χ4v) is 3.50. The number of carbonyl (C=O) groups is 1. The third-order valence-corrected chi connectivity index (χ3v) is 4.72. The average Bonchev–Trinajstić information content (AvgIpc) is 2.71. The zero-order valence-electron chi connectivity index (χ0n) is 16.0. The van der Waals surface area contributed by atoms with E-state index in [-0.39, 0.29) is 17.8 Å². The summed E-state index contributed by atoms with van der Waals surface area (Å²) in [5.41, 5.74) is 1.14. The fraction of sp³-hybridized carbons (Fsp3) is 0.650. The van der Waals surface area contributed by atoms with Crippen molar-refractivity contribution >= 4 is 5.91 Å². The predicted molar refractivity (Wildman–Crippen MR) is 99.8 cm³/mol. The van der Waals surface area contributed by atoms with Gasteiger partial charge < -0.3 is 5.32 Å². The van der Waals surface area contributed by atoms with Crippen LogP contribution in [0.15, 0.2) is 24.3 Å². The van der Waals surface area contributed by atoms with Gasteiger partial charge >= 0.3 is 0 Å². The van der Waals surface area contributed by atoms with Crippen LogP contribution in [-0.4, -0.2) is 54.0 Å². The minimum absolute atomic E-state index is 0.101. The van der Waals surface area contributed by atoms with Crippen LogP contribution in [0.25, 0.3) is 0 Å². The molecule has 1 fully saturated rings. The molecular formula is C20H32FN3O. The first kappa shape index (κ1) is 19.9. The molecule has 0 aliphatic carbocycles. The van der Waals surface area contributed by atoms with Gasteiger partial charge in [0.2, 0.25) is 5.91 Å². The van der Waals surface area contributed by atoms with Crippen LogP contribution in [-0.2, 0) is 11.3 Å². The Morgan fingerprint density at radius 2 is 1.88 bits per heavy atom. The third-order valence-electron chi connectivity index (χ3n) is 4.72. The highest BCUT2D eigenvalue weighted by molar-refractivity contribution is 5.78. The third kappa shape index (κ3) is 6.40. The number of halogens is 1. The SMILES string of the molecule is CC(C)NC(=O)CN1CCCN(Cc2ccc(F)cc2)[C@H](C(C)C)C1. The van der Waals surface area contributed by atoms with E-state index < -0.39 is 0 Å². The number of carbonyl (C=O) groups excluding carboxylic acids is 1. The van der Waals surface area contributed by atoms with Gasteiger partial charge in [-0.15, -0.1) is 0 Å². The molecule has 5 heteroatoms. The molecule has 1 heterocycles. The van der Waals surface area contributed by atoms with Crippen LogP contribution in [0.2, 0.25) is 0 Å². The number of nitrogens with zero attached hydrogens (tertiary/aromatic N) is 2. The van der Waals surface area contributed by atoms with Gasteiger partial charge in [0.15, 0.2) is 0 Å². The maximum absolute atomic E-state index is 13.1. The van der Waals surface area contributed by atoms with E-state index in [0.717, 1.165) is 38.2 Å². The Hall–Kier alpha value is -1.46. The van der Waals surface area contributed by atoms with Crippen LogP contribution in [0.5, 0.6) is 0 Å². The second-order valence-electron chi connectivity index (χ2n) is 7.72. The van der Waals surface area contributed by atoms with Gasteiger partial charge in [-0.1, -0.05) is 26.0 Å².